The number of halogens is 3. The van der Waals surface area contributed by atoms with Crippen molar-refractivity contribution in [2.24, 2.45) is 0 Å². The quantitative estimate of drug-likeness (QED) is 0.767. The minimum atomic E-state index is -1.83. The van der Waals surface area contributed by atoms with E-state index in [1.165, 1.54) is 31.2 Å². The average Bonchev–Trinajstić information content (AvgIpc) is 2.87. The number of amides is 4. The summed E-state index contributed by atoms with van der Waals surface area (Å²) in [7, 11) is 0. The monoisotopic (exact) mass is 391 g/mol. The first-order chi connectivity index (χ1) is 13.2. The molecular weight excluding hydrogens is 375 g/mol. The molecule has 0 saturated carbocycles. The van der Waals surface area contributed by atoms with Crippen molar-refractivity contribution < 1.29 is 27.6 Å². The van der Waals surface area contributed by atoms with E-state index >= 15 is 0 Å². The molecule has 28 heavy (non-hydrogen) atoms. The van der Waals surface area contributed by atoms with Crippen molar-refractivity contribution in [3.8, 4) is 0 Å². The molecule has 1 fully saturated rings. The molecular formula is C19H16F3N3O3. The largest absolute Gasteiger partial charge is 0.350 e. The van der Waals surface area contributed by atoms with E-state index in [1.54, 1.807) is 0 Å². The molecule has 0 spiro atoms. The van der Waals surface area contributed by atoms with Crippen LogP contribution in [0.1, 0.15) is 18.1 Å². The van der Waals surface area contributed by atoms with E-state index < -0.39 is 47.4 Å². The van der Waals surface area contributed by atoms with E-state index in [9.17, 15) is 27.6 Å². The summed E-state index contributed by atoms with van der Waals surface area (Å²) in [6.45, 7) is 0.707. The van der Waals surface area contributed by atoms with Crippen LogP contribution in [0.2, 0.25) is 0 Å². The lowest BCUT2D eigenvalue weighted by Gasteiger charge is -2.22. The zero-order valence-electron chi connectivity index (χ0n) is 14.8. The Labute approximate surface area is 158 Å². The molecule has 1 saturated heterocycles. The number of hydrogen-bond donors (Lipinski definition) is 2. The lowest BCUT2D eigenvalue weighted by atomic mass is 9.91. The number of hydrogen-bond acceptors (Lipinski definition) is 3. The number of carbonyl (C=O) groups excluding carboxylic acids is 3. The maximum absolute atomic E-state index is 14.1. The maximum atomic E-state index is 14.1. The van der Waals surface area contributed by atoms with Gasteiger partial charge in [0.25, 0.3) is 5.91 Å². The van der Waals surface area contributed by atoms with Gasteiger partial charge in [0.05, 0.1) is 0 Å². The van der Waals surface area contributed by atoms with Crippen LogP contribution in [0, 0.1) is 17.5 Å². The van der Waals surface area contributed by atoms with Gasteiger partial charge >= 0.3 is 6.03 Å². The Morgan fingerprint density at radius 2 is 1.71 bits per heavy atom. The van der Waals surface area contributed by atoms with E-state index in [2.05, 4.69) is 10.6 Å². The molecule has 2 aromatic carbocycles. The van der Waals surface area contributed by atoms with Gasteiger partial charge in [-0.05, 0) is 42.8 Å². The van der Waals surface area contributed by atoms with Gasteiger partial charge in [-0.25, -0.2) is 18.0 Å². The molecule has 2 N–H and O–H groups in total. The molecule has 0 unspecified atom stereocenters. The summed E-state index contributed by atoms with van der Waals surface area (Å²) in [5.74, 6) is -3.57. The molecule has 3 rings (SSSR count). The van der Waals surface area contributed by atoms with Crippen LogP contribution in [0.5, 0.6) is 0 Å². The first-order valence-corrected chi connectivity index (χ1v) is 8.31. The van der Waals surface area contributed by atoms with Gasteiger partial charge in [-0.1, -0.05) is 12.1 Å². The van der Waals surface area contributed by atoms with Gasteiger partial charge in [-0.3, -0.25) is 14.5 Å². The smallest absolute Gasteiger partial charge is 0.325 e. The highest BCUT2D eigenvalue weighted by atomic mass is 19.1. The van der Waals surface area contributed by atoms with Gasteiger partial charge in [-0.15, -0.1) is 0 Å². The second-order valence-electron chi connectivity index (χ2n) is 6.47. The fourth-order valence-corrected chi connectivity index (χ4v) is 2.91. The second kappa shape index (κ2) is 7.34. The van der Waals surface area contributed by atoms with Crippen LogP contribution in [0.25, 0.3) is 0 Å². The molecule has 9 heteroatoms. The minimum Gasteiger partial charge on any atom is -0.350 e. The molecule has 0 radical (unpaired) electrons. The second-order valence-corrected chi connectivity index (χ2v) is 6.47. The summed E-state index contributed by atoms with van der Waals surface area (Å²) in [4.78, 5) is 37.6. The molecule has 0 aliphatic carbocycles. The van der Waals surface area contributed by atoms with E-state index in [0.29, 0.717) is 10.5 Å². The molecule has 0 aromatic heterocycles. The molecule has 4 amide bonds. The standard InChI is InChI=1S/C19H16F3N3O3/c1-19(14-8-13(21)6-7-15(14)22)17(27)25(18(28)24-19)10-16(26)23-9-11-2-4-12(20)5-3-11/h2-8H,9-10H2,1H3,(H,23,26)(H,24,28)/t19-/m0/s1. The highest BCUT2D eigenvalue weighted by Crippen LogP contribution is 2.31. The average molecular weight is 391 g/mol. The first kappa shape index (κ1) is 19.4. The van der Waals surface area contributed by atoms with E-state index in [4.69, 9.17) is 0 Å². The predicted octanol–water partition coefficient (Wildman–Crippen LogP) is 2.19. The summed E-state index contributed by atoms with van der Waals surface area (Å²) in [6.07, 6.45) is 0. The number of imide groups is 1. The molecule has 146 valence electrons. The van der Waals surface area contributed by atoms with Crippen LogP contribution in [-0.4, -0.2) is 29.3 Å². The van der Waals surface area contributed by atoms with Crippen molar-refractivity contribution in [1.82, 2.24) is 15.5 Å². The van der Waals surface area contributed by atoms with Gasteiger partial charge in [0.2, 0.25) is 5.91 Å². The van der Waals surface area contributed by atoms with Crippen LogP contribution in [0.15, 0.2) is 42.5 Å². The van der Waals surface area contributed by atoms with Crippen molar-refractivity contribution in [2.45, 2.75) is 19.0 Å². The van der Waals surface area contributed by atoms with E-state index in [1.807, 2.05) is 0 Å². The lowest BCUT2D eigenvalue weighted by Crippen LogP contribution is -2.43. The number of nitrogens with zero attached hydrogens (tertiary/aromatic N) is 1. The molecule has 1 aliphatic heterocycles. The maximum Gasteiger partial charge on any atom is 0.325 e. The van der Waals surface area contributed by atoms with Gasteiger partial charge in [0, 0.05) is 12.1 Å². The van der Waals surface area contributed by atoms with Crippen LogP contribution in [-0.2, 0) is 21.7 Å². The van der Waals surface area contributed by atoms with Crippen LogP contribution < -0.4 is 10.6 Å². The van der Waals surface area contributed by atoms with Crippen molar-refractivity contribution in [1.29, 1.82) is 0 Å². The number of benzene rings is 2. The summed E-state index contributed by atoms with van der Waals surface area (Å²) in [6, 6.07) is 7.10. The van der Waals surface area contributed by atoms with Gasteiger partial charge in [0.15, 0.2) is 0 Å². The normalized spacial score (nSPS) is 18.9. The van der Waals surface area contributed by atoms with Crippen molar-refractivity contribution >= 4 is 17.8 Å². The fraction of sp³-hybridized carbons (Fsp3) is 0.211. The Morgan fingerprint density at radius 3 is 2.39 bits per heavy atom. The summed E-state index contributed by atoms with van der Waals surface area (Å²) >= 11 is 0. The molecule has 0 bridgehead atoms. The van der Waals surface area contributed by atoms with Gasteiger partial charge in [-0.2, -0.15) is 0 Å². The molecule has 1 atom stereocenters. The molecule has 1 aliphatic rings. The highest BCUT2D eigenvalue weighted by Gasteiger charge is 2.50. The minimum absolute atomic E-state index is 0.0680. The summed E-state index contributed by atoms with van der Waals surface area (Å²) in [5, 5.41) is 4.81. The van der Waals surface area contributed by atoms with E-state index in [0.717, 1.165) is 18.2 Å². The number of urea groups is 1. The van der Waals surface area contributed by atoms with Crippen molar-refractivity contribution in [3.63, 3.8) is 0 Å². The third kappa shape index (κ3) is 3.68. The number of nitrogens with one attached hydrogen (secondary N) is 2. The molecule has 2 aromatic rings. The fourth-order valence-electron chi connectivity index (χ4n) is 2.91. The number of rotatable bonds is 5. The van der Waals surface area contributed by atoms with Crippen LogP contribution in [0.3, 0.4) is 0 Å². The Bertz CT molecular complexity index is 949. The SMILES string of the molecule is C[C@@]1(c2cc(F)ccc2F)NC(=O)N(CC(=O)NCc2ccc(F)cc2)C1=O. The van der Waals surface area contributed by atoms with Gasteiger partial charge < -0.3 is 10.6 Å². The number of carbonyl (C=O) groups is 3. The van der Waals surface area contributed by atoms with Crippen molar-refractivity contribution in [2.75, 3.05) is 6.54 Å². The zero-order valence-corrected chi connectivity index (χ0v) is 14.8. The third-order valence-electron chi connectivity index (χ3n) is 4.45. The van der Waals surface area contributed by atoms with Crippen molar-refractivity contribution in [3.05, 3.63) is 71.0 Å². The Hall–Kier alpha value is -3.36. The molecule has 6 nitrogen and oxygen atoms in total. The lowest BCUT2D eigenvalue weighted by molar-refractivity contribution is -0.134. The highest BCUT2D eigenvalue weighted by molar-refractivity contribution is 6.09. The Balaban J connectivity index is 1.70. The first-order valence-electron chi connectivity index (χ1n) is 8.31. The molecule has 1 heterocycles. The van der Waals surface area contributed by atoms with E-state index in [-0.39, 0.29) is 12.1 Å². The van der Waals surface area contributed by atoms with Crippen LogP contribution in [0.4, 0.5) is 18.0 Å². The predicted molar refractivity (Wildman–Crippen MR) is 92.2 cm³/mol. The van der Waals surface area contributed by atoms with Gasteiger partial charge in [0.1, 0.15) is 29.5 Å². The Kier molecular flexibility index (Phi) is 5.08. The summed E-state index contributed by atoms with van der Waals surface area (Å²) in [5.41, 5.74) is -1.54. The third-order valence-corrected chi connectivity index (χ3v) is 4.45. The topological polar surface area (TPSA) is 78.5 Å². The summed E-state index contributed by atoms with van der Waals surface area (Å²) < 4.78 is 40.5. The zero-order chi connectivity index (χ0) is 20.5. The van der Waals surface area contributed by atoms with Crippen LogP contribution >= 0.6 is 0 Å². The Morgan fingerprint density at radius 1 is 1.07 bits per heavy atom.